The molecule has 0 saturated carbocycles. The van der Waals surface area contributed by atoms with Crippen LogP contribution in [0.25, 0.3) is 33.2 Å². The van der Waals surface area contributed by atoms with Crippen LogP contribution in [0.1, 0.15) is 54.1 Å². The quantitative estimate of drug-likeness (QED) is 0.194. The number of aryl methyl sites for hydroxylation is 2. The predicted octanol–water partition coefficient (Wildman–Crippen LogP) is 6.66. The zero-order chi connectivity index (χ0) is 34.9. The fourth-order valence-electron chi connectivity index (χ4n) is 7.81. The Labute approximate surface area is 291 Å². The summed E-state index contributed by atoms with van der Waals surface area (Å²) in [6, 6.07) is 14.8. The number of carbonyl (C=O) groups excluding carboxylic acids is 1. The van der Waals surface area contributed by atoms with E-state index in [1.165, 1.54) is 24.9 Å². The van der Waals surface area contributed by atoms with Gasteiger partial charge in [0.05, 0.1) is 34.9 Å². The summed E-state index contributed by atoms with van der Waals surface area (Å²) in [5.74, 6) is 0.732. The first-order chi connectivity index (χ1) is 24.1. The highest BCUT2D eigenvalue weighted by Crippen LogP contribution is 2.48. The van der Waals surface area contributed by atoms with E-state index in [0.717, 1.165) is 64.9 Å². The molecule has 3 aliphatic rings. The molecule has 10 nitrogen and oxygen atoms in total. The highest BCUT2D eigenvalue weighted by atomic mass is 35.5. The van der Waals surface area contributed by atoms with Gasteiger partial charge in [0.15, 0.2) is 0 Å². The van der Waals surface area contributed by atoms with Gasteiger partial charge in [0.1, 0.15) is 11.5 Å². The number of rotatable bonds is 7. The molecule has 13 heteroatoms. The average molecular weight is 698 g/mol. The molecule has 2 N–H and O–H groups in total. The highest BCUT2D eigenvalue weighted by Gasteiger charge is 2.51. The van der Waals surface area contributed by atoms with Gasteiger partial charge in [-0.05, 0) is 61.1 Å². The second-order valence-electron chi connectivity index (χ2n) is 13.4. The molecule has 1 aliphatic carbocycles. The molecule has 0 bridgehead atoms. The maximum atomic E-state index is 13.8. The third-order valence-electron chi connectivity index (χ3n) is 10.3. The van der Waals surface area contributed by atoms with Gasteiger partial charge >= 0.3 is 0 Å². The number of alkyl halides is 2. The molecule has 2 saturated heterocycles. The fraction of sp³-hybridized carbons (Fsp3) is 0.324. The minimum Gasteiger partial charge on any atom is -0.481 e. The van der Waals surface area contributed by atoms with Gasteiger partial charge in [0.25, 0.3) is 12.0 Å². The smallest absolute Gasteiger partial charge is 0.280 e. The predicted molar refractivity (Wildman–Crippen MR) is 187 cm³/mol. The van der Waals surface area contributed by atoms with E-state index < -0.39 is 17.7 Å². The van der Waals surface area contributed by atoms with Crippen molar-refractivity contribution >= 4 is 39.8 Å². The van der Waals surface area contributed by atoms with Crippen molar-refractivity contribution in [2.75, 3.05) is 25.5 Å². The van der Waals surface area contributed by atoms with Crippen LogP contribution in [-0.2, 0) is 18.3 Å². The van der Waals surface area contributed by atoms with Gasteiger partial charge in [0, 0.05) is 60.4 Å². The lowest BCUT2D eigenvalue weighted by Gasteiger charge is -2.50. The molecule has 1 atom stereocenters. The summed E-state index contributed by atoms with van der Waals surface area (Å²) >= 11 is 7.18. The first kappa shape index (κ1) is 32.3. The molecule has 0 radical (unpaired) electrons. The largest absolute Gasteiger partial charge is 0.481 e. The number of hydrogen-bond acceptors (Lipinski definition) is 8. The van der Waals surface area contributed by atoms with Crippen LogP contribution in [0.3, 0.4) is 0 Å². The van der Waals surface area contributed by atoms with E-state index >= 15 is 0 Å². The Hall–Kier alpha value is -4.94. The van der Waals surface area contributed by atoms with E-state index in [9.17, 15) is 18.4 Å². The Morgan fingerprint density at radius 3 is 2.56 bits per heavy atom. The summed E-state index contributed by atoms with van der Waals surface area (Å²) in [5, 5.41) is 11.3. The zero-order valence-corrected chi connectivity index (χ0v) is 28.4. The van der Waals surface area contributed by atoms with Gasteiger partial charge in [-0.3, -0.25) is 14.5 Å². The number of hydrogen-bond donors (Lipinski definition) is 2. The van der Waals surface area contributed by atoms with Crippen LogP contribution in [0.2, 0.25) is 5.02 Å². The van der Waals surface area contributed by atoms with E-state index in [-0.39, 0.29) is 34.1 Å². The number of ether oxygens (including phenoxy) is 1. The third-order valence-corrected chi connectivity index (χ3v) is 10.7. The molecular formula is C37H34ClF2N7O3. The number of methoxy groups -OCH3 is 1. The second-order valence-corrected chi connectivity index (χ2v) is 13.8. The van der Waals surface area contributed by atoms with Crippen molar-refractivity contribution in [1.29, 1.82) is 0 Å². The van der Waals surface area contributed by atoms with E-state index in [0.29, 0.717) is 28.7 Å². The Morgan fingerprint density at radius 2 is 1.82 bits per heavy atom. The van der Waals surface area contributed by atoms with E-state index in [4.69, 9.17) is 21.3 Å². The Bertz CT molecular complexity index is 2270. The number of carbonyl (C=O) groups is 1. The summed E-state index contributed by atoms with van der Waals surface area (Å²) in [4.78, 5) is 36.4. The second kappa shape index (κ2) is 12.1. The summed E-state index contributed by atoms with van der Waals surface area (Å²) in [6.45, 7) is 3.55. The maximum Gasteiger partial charge on any atom is 0.280 e. The summed E-state index contributed by atoms with van der Waals surface area (Å²) in [6.07, 6.45) is 1.83. The third kappa shape index (κ3) is 5.28. The molecule has 1 unspecified atom stereocenters. The van der Waals surface area contributed by atoms with Crippen LogP contribution in [0.4, 0.5) is 20.3 Å². The minimum absolute atomic E-state index is 0.0232. The van der Waals surface area contributed by atoms with Crippen molar-refractivity contribution in [3.63, 3.8) is 0 Å². The number of nitrogens with zero attached hydrogens (tertiary/aromatic N) is 5. The fourth-order valence-corrected chi connectivity index (χ4v) is 8.13. The Balaban J connectivity index is 1.13. The normalized spacial score (nSPS) is 18.1. The first-order valence-electron chi connectivity index (χ1n) is 16.5. The molecule has 256 valence electrons. The lowest BCUT2D eigenvalue weighted by Crippen LogP contribution is -2.67. The molecule has 2 aliphatic heterocycles. The van der Waals surface area contributed by atoms with Crippen molar-refractivity contribution in [2.45, 2.75) is 50.6 Å². The number of fused-ring (bicyclic) bond motifs is 2. The molecule has 3 aromatic heterocycles. The van der Waals surface area contributed by atoms with Crippen LogP contribution in [0.5, 0.6) is 5.88 Å². The van der Waals surface area contributed by atoms with Crippen LogP contribution in [0.15, 0.2) is 59.5 Å². The molecule has 5 heterocycles. The Morgan fingerprint density at radius 1 is 1.06 bits per heavy atom. The first-order valence-corrected chi connectivity index (χ1v) is 16.9. The van der Waals surface area contributed by atoms with E-state index in [2.05, 4.69) is 31.7 Å². The van der Waals surface area contributed by atoms with Gasteiger partial charge in [-0.25, -0.2) is 23.4 Å². The van der Waals surface area contributed by atoms with Crippen molar-refractivity contribution in [2.24, 2.45) is 7.05 Å². The zero-order valence-electron chi connectivity index (χ0n) is 27.7. The Kier molecular flexibility index (Phi) is 7.83. The molecule has 8 rings (SSSR count). The van der Waals surface area contributed by atoms with Gasteiger partial charge in [0.2, 0.25) is 11.8 Å². The molecular weight excluding hydrogens is 664 g/mol. The minimum atomic E-state index is -2.83. The number of anilines is 2. The molecule has 5 aromatic rings. The number of halogens is 3. The molecule has 1 spiro atoms. The molecule has 2 fully saturated rings. The summed E-state index contributed by atoms with van der Waals surface area (Å²) < 4.78 is 34.6. The number of likely N-dealkylation sites (tertiary alicyclic amines) is 1. The van der Waals surface area contributed by atoms with Crippen molar-refractivity contribution in [3.05, 3.63) is 92.5 Å². The SMILES string of the molecule is COc1nc(-c2cccc(-c3cccc(Nc4nc(C(F)F)cc5cnn(C)c(=O)c45)c3C)c2Cl)cc2c1C(N1CC3(CCC(=O)N3)C1)CC2. The number of benzene rings is 2. The van der Waals surface area contributed by atoms with Crippen molar-refractivity contribution in [1.82, 2.24) is 30.0 Å². The number of nitrogens with one attached hydrogen (secondary N) is 2. The average Bonchev–Trinajstić information content (AvgIpc) is 3.70. The highest BCUT2D eigenvalue weighted by molar-refractivity contribution is 6.36. The van der Waals surface area contributed by atoms with E-state index in [1.54, 1.807) is 13.2 Å². The van der Waals surface area contributed by atoms with Gasteiger partial charge in [-0.15, -0.1) is 0 Å². The molecule has 50 heavy (non-hydrogen) atoms. The summed E-state index contributed by atoms with van der Waals surface area (Å²) in [7, 11) is 3.13. The van der Waals surface area contributed by atoms with Gasteiger partial charge in [-0.1, -0.05) is 41.9 Å². The van der Waals surface area contributed by atoms with Crippen LogP contribution in [-0.4, -0.2) is 56.3 Å². The van der Waals surface area contributed by atoms with Crippen LogP contribution in [0, 0.1) is 6.92 Å². The number of pyridine rings is 2. The maximum absolute atomic E-state index is 13.8. The standard InChI is InChI=1S/C37H34ClF2N7O3/c1-19-22(6-5-9-25(19)42-34-31-21(15-27(43-34)33(39)40)16-41-46(2)36(31)49)23-7-4-8-24(32(23)38)26-14-20-10-11-28(30(20)35(44-26)50-3)47-17-37(18-47)13-12-29(48)45-37/h4-9,14-16,28,33H,10-13,17-18H2,1-3H3,(H,42,43)(H,45,48). The van der Waals surface area contributed by atoms with Gasteiger partial charge in [-0.2, -0.15) is 5.10 Å². The van der Waals surface area contributed by atoms with Crippen molar-refractivity contribution < 1.29 is 18.3 Å². The monoisotopic (exact) mass is 697 g/mol. The lowest BCUT2D eigenvalue weighted by atomic mass is 9.86. The number of amides is 1. The number of aromatic nitrogens is 4. The van der Waals surface area contributed by atoms with Crippen molar-refractivity contribution in [3.8, 4) is 28.3 Å². The topological polar surface area (TPSA) is 114 Å². The molecule has 2 aromatic carbocycles. The van der Waals surface area contributed by atoms with Crippen LogP contribution < -0.4 is 20.9 Å². The van der Waals surface area contributed by atoms with Crippen LogP contribution >= 0.6 is 11.6 Å². The van der Waals surface area contributed by atoms with E-state index in [1.807, 2.05) is 37.3 Å². The summed E-state index contributed by atoms with van der Waals surface area (Å²) in [5.41, 5.74) is 5.63. The lowest BCUT2D eigenvalue weighted by molar-refractivity contribution is -0.121. The molecule has 1 amide bonds. The van der Waals surface area contributed by atoms with Gasteiger partial charge < -0.3 is 15.4 Å².